The molecule has 1 saturated heterocycles. The predicted octanol–water partition coefficient (Wildman–Crippen LogP) is 3.11. The lowest BCUT2D eigenvalue weighted by Crippen LogP contribution is -2.50. The van der Waals surface area contributed by atoms with Crippen LogP contribution in [0.1, 0.15) is 31.1 Å². The van der Waals surface area contributed by atoms with Crippen LogP contribution in [0.15, 0.2) is 27.6 Å². The number of halogens is 2. The Morgan fingerprint density at radius 1 is 1.32 bits per heavy atom. The second-order valence-electron chi connectivity index (χ2n) is 7.97. The maximum Gasteiger partial charge on any atom is 0.236 e. The van der Waals surface area contributed by atoms with Crippen LogP contribution in [0.3, 0.4) is 0 Å². The average molecular weight is 545 g/mol. The quantitative estimate of drug-likeness (QED) is 0.332. The van der Waals surface area contributed by atoms with E-state index in [-0.39, 0.29) is 35.7 Å². The normalized spacial score (nSPS) is 15.6. The lowest BCUT2D eigenvalue weighted by atomic mass is 10.1. The largest absolute Gasteiger partial charge is 0.459 e. The maximum absolute atomic E-state index is 13.5. The summed E-state index contributed by atoms with van der Waals surface area (Å²) in [4.78, 5) is 20.4. The van der Waals surface area contributed by atoms with E-state index >= 15 is 0 Å². The van der Waals surface area contributed by atoms with E-state index in [4.69, 9.17) is 4.42 Å². The molecule has 9 heteroatoms. The van der Waals surface area contributed by atoms with Crippen molar-refractivity contribution >= 4 is 46.8 Å². The maximum atomic E-state index is 13.5. The molecule has 0 aliphatic carbocycles. The second kappa shape index (κ2) is 11.7. The standard InChI is InChI=1S/C22H32FN5O2.HI/c1-5-24-22(26-17-8-10-28(11-9-17)14-21(29)27(3)4)25-13-20-15(2)18-12-16(23)6-7-19(18)30-20;/h6-7,12,17H,5,8-11,13-14H2,1-4H3,(H2,24,25,26);1H. The van der Waals surface area contributed by atoms with Gasteiger partial charge in [0.1, 0.15) is 23.7 Å². The third-order valence-corrected chi connectivity index (χ3v) is 5.51. The van der Waals surface area contributed by atoms with Crippen molar-refractivity contribution in [3.63, 3.8) is 0 Å². The number of aryl methyl sites for hydroxylation is 1. The summed E-state index contributed by atoms with van der Waals surface area (Å²) < 4.78 is 19.4. The molecule has 1 aliphatic heterocycles. The first-order chi connectivity index (χ1) is 14.4. The van der Waals surface area contributed by atoms with Gasteiger partial charge >= 0.3 is 0 Å². The first-order valence-electron chi connectivity index (χ1n) is 10.5. The Labute approximate surface area is 200 Å². The number of nitrogens with zero attached hydrogens (tertiary/aromatic N) is 3. The molecule has 1 aliphatic rings. The average Bonchev–Trinajstić information content (AvgIpc) is 3.03. The van der Waals surface area contributed by atoms with E-state index in [1.165, 1.54) is 12.1 Å². The molecule has 0 unspecified atom stereocenters. The van der Waals surface area contributed by atoms with Crippen LogP contribution in [0.25, 0.3) is 11.0 Å². The minimum atomic E-state index is -0.268. The third-order valence-electron chi connectivity index (χ3n) is 5.51. The van der Waals surface area contributed by atoms with Gasteiger partial charge in [-0.2, -0.15) is 0 Å². The SMILES string of the molecule is CCNC(=NCc1oc2ccc(F)cc2c1C)NC1CCN(CC(=O)N(C)C)CC1.I. The summed E-state index contributed by atoms with van der Waals surface area (Å²) in [5, 5.41) is 7.57. The van der Waals surface area contributed by atoms with E-state index in [0.29, 0.717) is 24.7 Å². The van der Waals surface area contributed by atoms with Crippen molar-refractivity contribution < 1.29 is 13.6 Å². The van der Waals surface area contributed by atoms with Crippen molar-refractivity contribution in [2.24, 2.45) is 4.99 Å². The van der Waals surface area contributed by atoms with E-state index in [1.807, 2.05) is 13.8 Å². The van der Waals surface area contributed by atoms with Crippen molar-refractivity contribution in [2.45, 2.75) is 39.3 Å². The fourth-order valence-electron chi connectivity index (χ4n) is 3.63. The van der Waals surface area contributed by atoms with Crippen LogP contribution < -0.4 is 10.6 Å². The van der Waals surface area contributed by atoms with Gasteiger partial charge in [-0.05, 0) is 44.9 Å². The molecule has 0 spiro atoms. The van der Waals surface area contributed by atoms with Gasteiger partial charge in [0.15, 0.2) is 5.96 Å². The number of fused-ring (bicyclic) bond motifs is 1. The molecular formula is C22H33FIN5O2. The molecule has 2 N–H and O–H groups in total. The molecule has 0 radical (unpaired) electrons. The van der Waals surface area contributed by atoms with E-state index in [9.17, 15) is 9.18 Å². The highest BCUT2D eigenvalue weighted by Crippen LogP contribution is 2.26. The smallest absolute Gasteiger partial charge is 0.236 e. The Morgan fingerprint density at radius 2 is 2.03 bits per heavy atom. The number of hydrogen-bond acceptors (Lipinski definition) is 4. The van der Waals surface area contributed by atoms with Gasteiger partial charge in [0.25, 0.3) is 0 Å². The van der Waals surface area contributed by atoms with Gasteiger partial charge in [-0.3, -0.25) is 9.69 Å². The Kier molecular flexibility index (Phi) is 9.54. The van der Waals surface area contributed by atoms with Gasteiger partial charge in [0.2, 0.25) is 5.91 Å². The van der Waals surface area contributed by atoms with Crippen molar-refractivity contribution in [3.05, 3.63) is 35.3 Å². The zero-order valence-corrected chi connectivity index (χ0v) is 21.0. The number of nitrogens with one attached hydrogen (secondary N) is 2. The molecule has 2 heterocycles. The van der Waals surface area contributed by atoms with Crippen LogP contribution in [0.2, 0.25) is 0 Å². The summed E-state index contributed by atoms with van der Waals surface area (Å²) in [5.41, 5.74) is 1.60. The Hall–Kier alpha value is -1.88. The molecule has 2 aromatic rings. The second-order valence-corrected chi connectivity index (χ2v) is 7.97. The fraction of sp³-hybridized carbons (Fsp3) is 0.545. The molecule has 172 valence electrons. The first kappa shape index (κ1) is 25.4. The number of likely N-dealkylation sites (tertiary alicyclic amines) is 1. The summed E-state index contributed by atoms with van der Waals surface area (Å²) in [5.74, 6) is 1.35. The molecule has 1 amide bonds. The number of guanidine groups is 1. The van der Waals surface area contributed by atoms with E-state index in [1.54, 1.807) is 25.1 Å². The number of carbonyl (C=O) groups is 1. The molecule has 3 rings (SSSR count). The van der Waals surface area contributed by atoms with Crippen molar-refractivity contribution in [2.75, 3.05) is 40.3 Å². The van der Waals surface area contributed by atoms with Crippen LogP contribution in [-0.4, -0.2) is 68.0 Å². The topological polar surface area (TPSA) is 73.1 Å². The van der Waals surface area contributed by atoms with Crippen LogP contribution in [0.5, 0.6) is 0 Å². The van der Waals surface area contributed by atoms with Crippen molar-refractivity contribution in [3.8, 4) is 0 Å². The number of benzene rings is 1. The molecule has 1 aromatic carbocycles. The Bertz CT molecular complexity index is 907. The van der Waals surface area contributed by atoms with Crippen LogP contribution >= 0.6 is 24.0 Å². The van der Waals surface area contributed by atoms with Gasteiger partial charge < -0.3 is 20.0 Å². The monoisotopic (exact) mass is 545 g/mol. The molecular weight excluding hydrogens is 512 g/mol. The van der Waals surface area contributed by atoms with Gasteiger partial charge in [0, 0.05) is 50.7 Å². The first-order valence-corrected chi connectivity index (χ1v) is 10.5. The number of hydrogen-bond donors (Lipinski definition) is 2. The number of rotatable bonds is 6. The zero-order valence-electron chi connectivity index (χ0n) is 18.7. The van der Waals surface area contributed by atoms with Crippen LogP contribution in [0.4, 0.5) is 4.39 Å². The van der Waals surface area contributed by atoms with Crippen LogP contribution in [-0.2, 0) is 11.3 Å². The molecule has 7 nitrogen and oxygen atoms in total. The predicted molar refractivity (Wildman–Crippen MR) is 132 cm³/mol. The van der Waals surface area contributed by atoms with Crippen molar-refractivity contribution in [1.82, 2.24) is 20.4 Å². The van der Waals surface area contributed by atoms with E-state index < -0.39 is 0 Å². The number of carbonyl (C=O) groups excluding carboxylic acids is 1. The molecule has 0 bridgehead atoms. The highest BCUT2D eigenvalue weighted by molar-refractivity contribution is 14.0. The van der Waals surface area contributed by atoms with E-state index in [0.717, 1.165) is 55.1 Å². The summed E-state index contributed by atoms with van der Waals surface area (Å²) in [6.45, 7) is 7.33. The number of amides is 1. The number of likely N-dealkylation sites (N-methyl/N-ethyl adjacent to an activating group) is 1. The van der Waals surface area contributed by atoms with Gasteiger partial charge in [-0.15, -0.1) is 24.0 Å². The lowest BCUT2D eigenvalue weighted by molar-refractivity contribution is -0.130. The van der Waals surface area contributed by atoms with Gasteiger partial charge in [0.05, 0.1) is 6.54 Å². The minimum Gasteiger partial charge on any atom is -0.459 e. The molecule has 0 atom stereocenters. The number of piperidine rings is 1. The third kappa shape index (κ3) is 6.80. The molecule has 1 aromatic heterocycles. The summed E-state index contributed by atoms with van der Waals surface area (Å²) in [6.07, 6.45) is 1.90. The molecule has 0 saturated carbocycles. The summed E-state index contributed by atoms with van der Waals surface area (Å²) in [6, 6.07) is 4.87. The summed E-state index contributed by atoms with van der Waals surface area (Å²) in [7, 11) is 3.58. The minimum absolute atomic E-state index is 0. The Balaban J connectivity index is 0.00000341. The fourth-order valence-corrected chi connectivity index (χ4v) is 3.63. The van der Waals surface area contributed by atoms with Crippen LogP contribution in [0, 0.1) is 12.7 Å². The molecule has 31 heavy (non-hydrogen) atoms. The summed E-state index contributed by atoms with van der Waals surface area (Å²) >= 11 is 0. The lowest BCUT2D eigenvalue weighted by Gasteiger charge is -2.33. The Morgan fingerprint density at radius 3 is 2.68 bits per heavy atom. The highest BCUT2D eigenvalue weighted by Gasteiger charge is 2.22. The molecule has 1 fully saturated rings. The highest BCUT2D eigenvalue weighted by atomic mass is 127. The van der Waals surface area contributed by atoms with Gasteiger partial charge in [-0.25, -0.2) is 9.38 Å². The van der Waals surface area contributed by atoms with E-state index in [2.05, 4.69) is 20.5 Å². The zero-order chi connectivity index (χ0) is 21.7. The van der Waals surface area contributed by atoms with Crippen molar-refractivity contribution in [1.29, 1.82) is 0 Å². The number of aliphatic imine (C=N–C) groups is 1. The van der Waals surface area contributed by atoms with Gasteiger partial charge in [-0.1, -0.05) is 0 Å². The number of furan rings is 1.